The minimum Gasteiger partial charge on any atom is -0.369 e. The maximum Gasteiger partial charge on any atom is 0.431 e. The molecule has 0 spiro atoms. The van der Waals surface area contributed by atoms with Gasteiger partial charge in [0.05, 0.1) is 16.8 Å². The number of carbonyl (C=O) groups excluding carboxylic acids is 1. The molecule has 2 atom stereocenters. The molecule has 17 heteroatoms. The Kier molecular flexibility index (Phi) is 8.42. The summed E-state index contributed by atoms with van der Waals surface area (Å²) in [6.07, 6.45) is -9.67. The number of carbonyl (C=O) groups is 1. The molecule has 3 rings (SSSR count). The van der Waals surface area contributed by atoms with Gasteiger partial charge in [-0.2, -0.15) is 30.6 Å². The molecule has 2 unspecified atom stereocenters. The molecule has 2 heterocycles. The van der Waals surface area contributed by atoms with E-state index in [1.165, 1.54) is 25.9 Å². The molecule has 1 amide bonds. The molecule has 1 fully saturated rings. The molecule has 0 aliphatic carbocycles. The Morgan fingerprint density at radius 3 is 2.31 bits per heavy atom. The van der Waals surface area contributed by atoms with Crippen LogP contribution in [-0.4, -0.2) is 80.9 Å². The zero-order valence-corrected chi connectivity index (χ0v) is 22.2. The van der Waals surface area contributed by atoms with Gasteiger partial charge in [-0.25, -0.2) is 17.8 Å². The second kappa shape index (κ2) is 10.7. The Labute approximate surface area is 223 Å². The third kappa shape index (κ3) is 6.05. The second-order valence-corrected chi connectivity index (χ2v) is 12.1. The van der Waals surface area contributed by atoms with E-state index in [9.17, 15) is 49.1 Å². The molecule has 216 valence electrons. The molecule has 0 saturated carbocycles. The van der Waals surface area contributed by atoms with Crippen molar-refractivity contribution in [3.8, 4) is 0 Å². The third-order valence-corrected chi connectivity index (χ3v) is 9.47. The average Bonchev–Trinajstić information content (AvgIpc) is 3.32. The van der Waals surface area contributed by atoms with Crippen LogP contribution in [0.1, 0.15) is 17.4 Å². The molecule has 1 aliphatic heterocycles. The van der Waals surface area contributed by atoms with Crippen LogP contribution in [-0.2, 0) is 26.6 Å². The van der Waals surface area contributed by atoms with E-state index >= 15 is 0 Å². The number of aliphatic hydroxyl groups is 1. The standard InChI is InChI=1S/C22H23F7N4O4S2/c1-13-11-32(16-5-4-14(23)10-15(16)21(24,25)26)8-9-33(13)39(36,37)18-7-6-17(38-18)20(35,22(27,28)29)19(34)30-12-31(2)3/h4-7,10,12-13,35H,8-9,11H2,1-3H3. The van der Waals surface area contributed by atoms with E-state index in [2.05, 4.69) is 4.99 Å². The summed E-state index contributed by atoms with van der Waals surface area (Å²) in [6, 6.07) is 2.63. The number of aliphatic imine (C=N–C) groups is 1. The lowest BCUT2D eigenvalue weighted by Gasteiger charge is -2.40. The Morgan fingerprint density at radius 1 is 1.13 bits per heavy atom. The number of thiophene rings is 1. The Hall–Kier alpha value is -2.76. The number of rotatable bonds is 6. The lowest BCUT2D eigenvalue weighted by Crippen LogP contribution is -2.54. The summed E-state index contributed by atoms with van der Waals surface area (Å²) in [5.41, 5.74) is -5.70. The summed E-state index contributed by atoms with van der Waals surface area (Å²) in [7, 11) is -1.74. The van der Waals surface area contributed by atoms with E-state index in [0.717, 1.165) is 33.7 Å². The number of sulfonamides is 1. The molecular formula is C22H23F7N4O4S2. The highest BCUT2D eigenvalue weighted by atomic mass is 32.2. The Balaban J connectivity index is 1.90. The molecule has 2 aromatic rings. The van der Waals surface area contributed by atoms with Crippen LogP contribution in [0.3, 0.4) is 0 Å². The van der Waals surface area contributed by atoms with E-state index in [1.54, 1.807) is 0 Å². The molecule has 1 aliphatic rings. The average molecular weight is 605 g/mol. The van der Waals surface area contributed by atoms with E-state index in [4.69, 9.17) is 0 Å². The van der Waals surface area contributed by atoms with E-state index in [-0.39, 0.29) is 36.7 Å². The molecule has 1 aromatic carbocycles. The van der Waals surface area contributed by atoms with Gasteiger partial charge < -0.3 is 14.9 Å². The smallest absolute Gasteiger partial charge is 0.369 e. The van der Waals surface area contributed by atoms with Crippen molar-refractivity contribution in [1.29, 1.82) is 0 Å². The maximum absolute atomic E-state index is 13.8. The quantitative estimate of drug-likeness (QED) is 0.308. The normalized spacial score (nSPS) is 19.4. The first-order chi connectivity index (χ1) is 17.8. The van der Waals surface area contributed by atoms with Gasteiger partial charge in [-0.3, -0.25) is 4.79 Å². The third-order valence-electron chi connectivity index (χ3n) is 5.80. The summed E-state index contributed by atoms with van der Waals surface area (Å²) < 4.78 is 122. The van der Waals surface area contributed by atoms with Gasteiger partial charge in [-0.05, 0) is 37.3 Å². The molecule has 1 N–H and O–H groups in total. The molecule has 0 bridgehead atoms. The molecular weight excluding hydrogens is 581 g/mol. The van der Waals surface area contributed by atoms with Crippen LogP contribution < -0.4 is 4.90 Å². The number of hydrogen-bond donors (Lipinski definition) is 1. The summed E-state index contributed by atoms with van der Waals surface area (Å²) in [6.45, 7) is 0.568. The topological polar surface area (TPSA) is 93.5 Å². The van der Waals surface area contributed by atoms with Crippen molar-refractivity contribution in [2.24, 2.45) is 4.99 Å². The van der Waals surface area contributed by atoms with Crippen molar-refractivity contribution in [2.75, 3.05) is 38.6 Å². The van der Waals surface area contributed by atoms with Crippen LogP contribution in [0.25, 0.3) is 0 Å². The second-order valence-electron chi connectivity index (χ2n) is 8.91. The minimum atomic E-state index is -5.54. The highest BCUT2D eigenvalue weighted by Crippen LogP contribution is 2.44. The van der Waals surface area contributed by atoms with Crippen molar-refractivity contribution in [3.05, 3.63) is 46.6 Å². The van der Waals surface area contributed by atoms with Gasteiger partial charge in [-0.1, -0.05) is 0 Å². The predicted octanol–water partition coefficient (Wildman–Crippen LogP) is 3.67. The number of alkyl halides is 6. The fourth-order valence-electron chi connectivity index (χ4n) is 3.92. The van der Waals surface area contributed by atoms with Crippen LogP contribution in [0.2, 0.25) is 0 Å². The van der Waals surface area contributed by atoms with Crippen LogP contribution in [0.15, 0.2) is 39.5 Å². The molecule has 8 nitrogen and oxygen atoms in total. The van der Waals surface area contributed by atoms with Crippen LogP contribution in [0, 0.1) is 5.82 Å². The predicted molar refractivity (Wildman–Crippen MR) is 128 cm³/mol. The highest BCUT2D eigenvalue weighted by Gasteiger charge is 2.62. The van der Waals surface area contributed by atoms with Gasteiger partial charge in [0.25, 0.3) is 21.5 Å². The van der Waals surface area contributed by atoms with Gasteiger partial charge in [0.15, 0.2) is 0 Å². The fourth-order valence-corrected chi connectivity index (χ4v) is 7.08. The van der Waals surface area contributed by atoms with Crippen molar-refractivity contribution >= 4 is 39.3 Å². The summed E-state index contributed by atoms with van der Waals surface area (Å²) in [5.74, 6) is -3.07. The molecule has 1 aromatic heterocycles. The first-order valence-electron chi connectivity index (χ1n) is 11.1. The highest BCUT2D eigenvalue weighted by molar-refractivity contribution is 7.91. The Bertz CT molecular complexity index is 1360. The van der Waals surface area contributed by atoms with Crippen LogP contribution in [0.4, 0.5) is 36.4 Å². The van der Waals surface area contributed by atoms with Crippen molar-refractivity contribution in [3.63, 3.8) is 0 Å². The zero-order valence-electron chi connectivity index (χ0n) is 20.6. The largest absolute Gasteiger partial charge is 0.431 e. The van der Waals surface area contributed by atoms with Gasteiger partial charge in [0.1, 0.15) is 10.0 Å². The van der Waals surface area contributed by atoms with Gasteiger partial charge >= 0.3 is 12.4 Å². The fraction of sp³-hybridized carbons (Fsp3) is 0.455. The van der Waals surface area contributed by atoms with E-state index in [1.807, 2.05) is 0 Å². The first-order valence-corrected chi connectivity index (χ1v) is 13.3. The van der Waals surface area contributed by atoms with Crippen LogP contribution in [0.5, 0.6) is 0 Å². The lowest BCUT2D eigenvalue weighted by molar-refractivity contribution is -0.254. The molecule has 1 saturated heterocycles. The lowest BCUT2D eigenvalue weighted by atomic mass is 10.0. The maximum atomic E-state index is 13.8. The number of nitrogens with zero attached hydrogens (tertiary/aromatic N) is 4. The number of halogens is 7. The summed E-state index contributed by atoms with van der Waals surface area (Å²) in [5, 5.41) is 10.4. The number of hydrogen-bond acceptors (Lipinski definition) is 6. The van der Waals surface area contributed by atoms with Crippen LogP contribution >= 0.6 is 11.3 Å². The summed E-state index contributed by atoms with van der Waals surface area (Å²) in [4.78, 5) is 16.7. The van der Waals surface area contributed by atoms with Crippen molar-refractivity contribution in [1.82, 2.24) is 9.21 Å². The molecule has 39 heavy (non-hydrogen) atoms. The number of benzene rings is 1. The zero-order chi connectivity index (χ0) is 29.6. The first kappa shape index (κ1) is 30.8. The minimum absolute atomic E-state index is 0.0245. The molecule has 0 radical (unpaired) electrons. The summed E-state index contributed by atoms with van der Waals surface area (Å²) >= 11 is 0.0245. The van der Waals surface area contributed by atoms with Crippen molar-refractivity contribution in [2.45, 2.75) is 35.1 Å². The number of piperazine rings is 1. The SMILES string of the molecule is CC1CN(c2ccc(F)cc2C(F)(F)F)CCN1S(=O)(=O)c1ccc(C(O)(C(=O)N=CN(C)C)C(F)(F)F)s1. The monoisotopic (exact) mass is 604 g/mol. The van der Waals surface area contributed by atoms with E-state index < -0.39 is 60.4 Å². The van der Waals surface area contributed by atoms with Crippen molar-refractivity contribution < 1.29 is 49.1 Å². The van der Waals surface area contributed by atoms with E-state index in [0.29, 0.717) is 12.1 Å². The number of anilines is 1. The van der Waals surface area contributed by atoms with Gasteiger partial charge in [-0.15, -0.1) is 11.3 Å². The Morgan fingerprint density at radius 2 is 1.77 bits per heavy atom. The van der Waals surface area contributed by atoms with Gasteiger partial charge in [0.2, 0.25) is 0 Å². The van der Waals surface area contributed by atoms with Gasteiger partial charge in [0, 0.05) is 45.5 Å². The number of amides is 1.